The van der Waals surface area contributed by atoms with E-state index in [2.05, 4.69) is 22.8 Å². The molecule has 2 aromatic rings. The average Bonchev–Trinajstić information content (AvgIpc) is 3.52. The van der Waals surface area contributed by atoms with Crippen LogP contribution in [-0.2, 0) is 22.7 Å². The highest BCUT2D eigenvalue weighted by molar-refractivity contribution is 7.89. The van der Waals surface area contributed by atoms with Gasteiger partial charge in [-0.15, -0.1) is 0 Å². The van der Waals surface area contributed by atoms with Crippen molar-refractivity contribution in [2.75, 3.05) is 26.0 Å². The Morgan fingerprint density at radius 1 is 1.08 bits per heavy atom. The maximum atomic E-state index is 14.2. The molecule has 4 heterocycles. The molecular formula is C26H37F3N6O3S. The number of nitrogens with one attached hydrogen (secondary N) is 2. The molecule has 2 aliphatic heterocycles. The number of imidazole rings is 1. The second-order valence-corrected chi connectivity index (χ2v) is 14.0. The van der Waals surface area contributed by atoms with Gasteiger partial charge in [-0.1, -0.05) is 25.7 Å². The van der Waals surface area contributed by atoms with E-state index in [9.17, 15) is 26.4 Å². The third-order valence-electron chi connectivity index (χ3n) is 9.45. The molecule has 2 saturated heterocycles. The smallest absolute Gasteiger partial charge is 0.295 e. The molecule has 0 spiro atoms. The number of pyridine rings is 1. The molecule has 0 amide bonds. The predicted octanol–water partition coefficient (Wildman–Crippen LogP) is 3.13. The number of hydrogen-bond acceptors (Lipinski definition) is 6. The first kappa shape index (κ1) is 27.3. The molecule has 39 heavy (non-hydrogen) atoms. The topological polar surface area (TPSA) is 91.1 Å². The summed E-state index contributed by atoms with van der Waals surface area (Å²) in [5.41, 5.74) is 5.26. The summed E-state index contributed by atoms with van der Waals surface area (Å²) in [5.74, 6) is 1.38. The molecule has 4 fully saturated rings. The normalized spacial score (nSPS) is 29.7. The van der Waals surface area contributed by atoms with E-state index in [4.69, 9.17) is 0 Å². The summed E-state index contributed by atoms with van der Waals surface area (Å²) >= 11 is 0. The van der Waals surface area contributed by atoms with Gasteiger partial charge in [0.1, 0.15) is 0 Å². The van der Waals surface area contributed by atoms with E-state index >= 15 is 0 Å². The fourth-order valence-corrected chi connectivity index (χ4v) is 8.82. The summed E-state index contributed by atoms with van der Waals surface area (Å²) < 4.78 is 70.9. The Morgan fingerprint density at radius 3 is 2.44 bits per heavy atom. The van der Waals surface area contributed by atoms with Crippen molar-refractivity contribution in [2.45, 2.75) is 76.3 Å². The molecule has 2 saturated carbocycles. The Bertz CT molecular complexity index is 1390. The van der Waals surface area contributed by atoms with Crippen molar-refractivity contribution < 1.29 is 21.6 Å². The van der Waals surface area contributed by atoms with Crippen LogP contribution >= 0.6 is 0 Å². The summed E-state index contributed by atoms with van der Waals surface area (Å²) in [6.07, 6.45) is 5.81. The van der Waals surface area contributed by atoms with E-state index in [-0.39, 0.29) is 42.1 Å². The summed E-state index contributed by atoms with van der Waals surface area (Å²) in [5, 5.41) is 0. The molecule has 0 bridgehead atoms. The van der Waals surface area contributed by atoms with Gasteiger partial charge in [-0.25, -0.2) is 24.1 Å². The predicted molar refractivity (Wildman–Crippen MR) is 140 cm³/mol. The standard InChI is InChI=1S/C26H37F3N6O3S/c1-32-16-30-31-24(32)23(18-5-2-6-18)19-7-3-8-20(12-19)34-15-22-21(26(27,28)29)11-17(14-35(22)25(34)36)13-33-9-4-10-39(33,37)38/h11,14-15,18-20,23-24,30-31H,2-10,12-13,16H2,1H3/t19?,20?,23-,24?/m1/s1. The van der Waals surface area contributed by atoms with Crippen molar-refractivity contribution in [1.82, 2.24) is 29.0 Å². The van der Waals surface area contributed by atoms with E-state index in [1.807, 2.05) is 0 Å². The van der Waals surface area contributed by atoms with Gasteiger partial charge in [-0.3, -0.25) is 13.9 Å². The number of rotatable bonds is 6. The van der Waals surface area contributed by atoms with E-state index in [1.165, 1.54) is 40.5 Å². The highest BCUT2D eigenvalue weighted by Gasteiger charge is 2.44. The first-order valence-electron chi connectivity index (χ1n) is 14.0. The first-order chi connectivity index (χ1) is 18.5. The van der Waals surface area contributed by atoms with Crippen molar-refractivity contribution in [1.29, 1.82) is 0 Å². The Labute approximate surface area is 226 Å². The fraction of sp³-hybridized carbons (Fsp3) is 0.731. The van der Waals surface area contributed by atoms with Crippen LogP contribution in [0.2, 0.25) is 0 Å². The number of fused-ring (bicyclic) bond motifs is 1. The van der Waals surface area contributed by atoms with Gasteiger partial charge in [0.2, 0.25) is 10.0 Å². The molecule has 4 atom stereocenters. The molecule has 6 rings (SSSR count). The van der Waals surface area contributed by atoms with E-state index < -0.39 is 27.5 Å². The highest BCUT2D eigenvalue weighted by atomic mass is 32.2. The lowest BCUT2D eigenvalue weighted by Gasteiger charge is -2.46. The fourth-order valence-electron chi connectivity index (χ4n) is 7.31. The summed E-state index contributed by atoms with van der Waals surface area (Å²) in [7, 11) is -1.40. The molecule has 216 valence electrons. The molecule has 2 N–H and O–H groups in total. The molecule has 4 aliphatic rings. The van der Waals surface area contributed by atoms with Gasteiger partial charge >= 0.3 is 11.9 Å². The quantitative estimate of drug-likeness (QED) is 0.555. The summed E-state index contributed by atoms with van der Waals surface area (Å²) in [6.45, 7) is 0.850. The largest absolute Gasteiger partial charge is 0.418 e. The van der Waals surface area contributed by atoms with E-state index in [0.717, 1.165) is 42.8 Å². The van der Waals surface area contributed by atoms with Crippen molar-refractivity contribution in [3.05, 3.63) is 40.1 Å². The minimum Gasteiger partial charge on any atom is -0.295 e. The van der Waals surface area contributed by atoms with Crippen molar-refractivity contribution >= 4 is 15.5 Å². The van der Waals surface area contributed by atoms with Gasteiger partial charge in [-0.2, -0.15) is 17.5 Å². The maximum absolute atomic E-state index is 14.2. The minimum atomic E-state index is -4.68. The zero-order chi connectivity index (χ0) is 27.5. The van der Waals surface area contributed by atoms with E-state index in [0.29, 0.717) is 24.2 Å². The second kappa shape index (κ2) is 10.2. The van der Waals surface area contributed by atoms with Gasteiger partial charge in [0, 0.05) is 31.5 Å². The second-order valence-electron chi connectivity index (χ2n) is 11.9. The molecule has 13 heteroatoms. The molecule has 3 unspecified atom stereocenters. The Kier molecular flexibility index (Phi) is 7.10. The van der Waals surface area contributed by atoms with Gasteiger partial charge in [0.25, 0.3) is 0 Å². The molecule has 2 aliphatic carbocycles. The van der Waals surface area contributed by atoms with Gasteiger partial charge in [0.05, 0.1) is 29.7 Å². The van der Waals surface area contributed by atoms with Crippen LogP contribution in [0.15, 0.2) is 23.3 Å². The van der Waals surface area contributed by atoms with Gasteiger partial charge < -0.3 is 0 Å². The maximum Gasteiger partial charge on any atom is 0.418 e. The van der Waals surface area contributed by atoms with Crippen LogP contribution in [0.3, 0.4) is 0 Å². The van der Waals surface area contributed by atoms with Gasteiger partial charge in [0.15, 0.2) is 0 Å². The van der Waals surface area contributed by atoms with Crippen LogP contribution < -0.4 is 16.5 Å². The van der Waals surface area contributed by atoms with E-state index in [1.54, 1.807) is 0 Å². The number of aromatic nitrogens is 2. The third-order valence-corrected chi connectivity index (χ3v) is 11.4. The average molecular weight is 571 g/mol. The number of hydrazine groups is 1. The summed E-state index contributed by atoms with van der Waals surface area (Å²) in [4.78, 5) is 15.9. The Hall–Kier alpha value is -1.93. The van der Waals surface area contributed by atoms with Crippen LogP contribution in [0.5, 0.6) is 0 Å². The number of nitrogens with zero attached hydrogens (tertiary/aromatic N) is 4. The number of sulfonamides is 1. The number of alkyl halides is 3. The Balaban J connectivity index is 1.33. The SMILES string of the molecule is CN1CNNC1[C@H](C1CCC1)C1CCCC(n2cc3c(C(F)(F)F)cc(CN4CCCS4(=O)=O)cn3c2=O)C1. The van der Waals surface area contributed by atoms with Crippen LogP contribution in [0.1, 0.15) is 68.5 Å². The monoisotopic (exact) mass is 570 g/mol. The highest BCUT2D eigenvalue weighted by Crippen LogP contribution is 2.47. The number of halogens is 3. The van der Waals surface area contributed by atoms with Crippen LogP contribution in [0.25, 0.3) is 5.52 Å². The molecule has 2 aromatic heterocycles. The number of hydrogen-bond donors (Lipinski definition) is 2. The van der Waals surface area contributed by atoms with Gasteiger partial charge in [-0.05, 0) is 62.1 Å². The van der Waals surface area contributed by atoms with Crippen molar-refractivity contribution in [3.8, 4) is 0 Å². The lowest BCUT2D eigenvalue weighted by atomic mass is 9.65. The zero-order valence-electron chi connectivity index (χ0n) is 22.2. The lowest BCUT2D eigenvalue weighted by molar-refractivity contribution is -0.136. The Morgan fingerprint density at radius 2 is 1.82 bits per heavy atom. The molecule has 0 radical (unpaired) electrons. The molecule has 9 nitrogen and oxygen atoms in total. The molecular weight excluding hydrogens is 533 g/mol. The van der Waals surface area contributed by atoms with Crippen LogP contribution in [0, 0.1) is 17.8 Å². The molecule has 0 aromatic carbocycles. The zero-order valence-corrected chi connectivity index (χ0v) is 23.0. The third kappa shape index (κ3) is 5.05. The summed E-state index contributed by atoms with van der Waals surface area (Å²) in [6, 6.07) is 0.819. The minimum absolute atomic E-state index is 0.00930. The van der Waals surface area contributed by atoms with Crippen LogP contribution in [0.4, 0.5) is 13.2 Å². The lowest BCUT2D eigenvalue weighted by Crippen LogP contribution is -2.50. The van der Waals surface area contributed by atoms with Crippen molar-refractivity contribution in [2.24, 2.45) is 17.8 Å². The van der Waals surface area contributed by atoms with Crippen molar-refractivity contribution in [3.63, 3.8) is 0 Å². The van der Waals surface area contributed by atoms with Crippen LogP contribution in [-0.4, -0.2) is 58.8 Å². The first-order valence-corrected chi connectivity index (χ1v) is 15.6.